The van der Waals surface area contributed by atoms with Crippen molar-refractivity contribution in [1.82, 2.24) is 10.3 Å². The molecule has 0 aliphatic carbocycles. The number of likely N-dealkylation sites (tertiary alicyclic amines) is 1. The van der Waals surface area contributed by atoms with Gasteiger partial charge in [0.1, 0.15) is 5.60 Å². The molecule has 1 saturated heterocycles. The Morgan fingerprint density at radius 2 is 2.10 bits per heavy atom. The predicted octanol–water partition coefficient (Wildman–Crippen LogP) is 3.05. The van der Waals surface area contributed by atoms with Gasteiger partial charge in [-0.1, -0.05) is 32.6 Å². The van der Waals surface area contributed by atoms with Crippen molar-refractivity contribution in [3.05, 3.63) is 0 Å². The Morgan fingerprint density at radius 1 is 1.38 bits per heavy atom. The number of hydrogen-bond acceptors (Lipinski definition) is 4. The number of rotatable bonds is 7. The highest BCUT2D eigenvalue weighted by Crippen LogP contribution is 2.24. The van der Waals surface area contributed by atoms with E-state index in [0.29, 0.717) is 12.0 Å². The average Bonchev–Trinajstić information content (AvgIpc) is 2.86. The molecule has 0 aromatic carbocycles. The van der Waals surface area contributed by atoms with E-state index in [1.807, 2.05) is 25.7 Å². The summed E-state index contributed by atoms with van der Waals surface area (Å²) in [6.45, 7) is 9.43. The Kier molecular flexibility index (Phi) is 7.46. The van der Waals surface area contributed by atoms with Crippen LogP contribution in [0.3, 0.4) is 0 Å². The second-order valence-corrected chi connectivity index (χ2v) is 7.10. The van der Waals surface area contributed by atoms with Gasteiger partial charge in [-0.15, -0.1) is 0 Å². The molecular formula is C16H33N3O2. The van der Waals surface area contributed by atoms with Gasteiger partial charge in [0.2, 0.25) is 0 Å². The standard InChI is InChI=1S/C16H33N3O2/c1-5-6-7-8-9-14(18-17)13-10-11-19(12-13)15(20)21-16(2,3)4/h13-14,18H,5-12,17H2,1-4H3. The van der Waals surface area contributed by atoms with Crippen LogP contribution in [-0.2, 0) is 4.74 Å². The van der Waals surface area contributed by atoms with Crippen molar-refractivity contribution < 1.29 is 9.53 Å². The number of nitrogens with one attached hydrogen (secondary N) is 1. The van der Waals surface area contributed by atoms with Gasteiger partial charge in [0, 0.05) is 19.1 Å². The largest absolute Gasteiger partial charge is 0.444 e. The molecule has 5 heteroatoms. The average molecular weight is 299 g/mol. The number of hydrazine groups is 1. The van der Waals surface area contributed by atoms with Crippen LogP contribution in [0.15, 0.2) is 0 Å². The van der Waals surface area contributed by atoms with E-state index in [-0.39, 0.29) is 6.09 Å². The summed E-state index contributed by atoms with van der Waals surface area (Å²) in [6.07, 6.45) is 6.88. The summed E-state index contributed by atoms with van der Waals surface area (Å²) in [5, 5.41) is 0. The summed E-state index contributed by atoms with van der Waals surface area (Å²) >= 11 is 0. The summed E-state index contributed by atoms with van der Waals surface area (Å²) in [7, 11) is 0. The zero-order valence-electron chi connectivity index (χ0n) is 14.2. The summed E-state index contributed by atoms with van der Waals surface area (Å²) in [5.41, 5.74) is 2.52. The summed E-state index contributed by atoms with van der Waals surface area (Å²) in [5.74, 6) is 6.14. The smallest absolute Gasteiger partial charge is 0.410 e. The molecule has 1 aliphatic heterocycles. The monoisotopic (exact) mass is 299 g/mol. The van der Waals surface area contributed by atoms with Crippen LogP contribution in [0.4, 0.5) is 4.79 Å². The lowest BCUT2D eigenvalue weighted by Gasteiger charge is -2.26. The summed E-state index contributed by atoms with van der Waals surface area (Å²) < 4.78 is 5.43. The van der Waals surface area contributed by atoms with Gasteiger partial charge in [0.15, 0.2) is 0 Å². The fraction of sp³-hybridized carbons (Fsp3) is 0.938. The van der Waals surface area contributed by atoms with Gasteiger partial charge < -0.3 is 9.64 Å². The highest BCUT2D eigenvalue weighted by Gasteiger charge is 2.33. The first-order valence-electron chi connectivity index (χ1n) is 8.31. The molecule has 0 saturated carbocycles. The Balaban J connectivity index is 2.38. The van der Waals surface area contributed by atoms with Gasteiger partial charge in [-0.2, -0.15) is 0 Å². The Labute approximate surface area is 129 Å². The molecule has 0 bridgehead atoms. The second-order valence-electron chi connectivity index (χ2n) is 7.10. The highest BCUT2D eigenvalue weighted by atomic mass is 16.6. The number of ether oxygens (including phenoxy) is 1. The number of amides is 1. The molecule has 0 spiro atoms. The number of carbonyl (C=O) groups is 1. The van der Waals surface area contributed by atoms with Crippen LogP contribution in [0.5, 0.6) is 0 Å². The molecule has 21 heavy (non-hydrogen) atoms. The first kappa shape index (κ1) is 18.2. The number of unbranched alkanes of at least 4 members (excludes halogenated alkanes) is 3. The van der Waals surface area contributed by atoms with E-state index < -0.39 is 5.60 Å². The van der Waals surface area contributed by atoms with Crippen LogP contribution in [0.25, 0.3) is 0 Å². The predicted molar refractivity (Wildman–Crippen MR) is 85.8 cm³/mol. The molecule has 1 amide bonds. The van der Waals surface area contributed by atoms with E-state index in [0.717, 1.165) is 25.9 Å². The number of carbonyl (C=O) groups excluding carboxylic acids is 1. The van der Waals surface area contributed by atoms with Gasteiger partial charge >= 0.3 is 6.09 Å². The van der Waals surface area contributed by atoms with Gasteiger partial charge in [-0.3, -0.25) is 11.3 Å². The lowest BCUT2D eigenvalue weighted by molar-refractivity contribution is 0.0285. The van der Waals surface area contributed by atoms with Crippen molar-refractivity contribution >= 4 is 6.09 Å². The van der Waals surface area contributed by atoms with Crippen LogP contribution >= 0.6 is 0 Å². The zero-order valence-corrected chi connectivity index (χ0v) is 14.2. The van der Waals surface area contributed by atoms with Gasteiger partial charge in [-0.25, -0.2) is 4.79 Å². The Hall–Kier alpha value is -0.810. The summed E-state index contributed by atoms with van der Waals surface area (Å²) in [4.78, 5) is 13.9. The van der Waals surface area contributed by atoms with E-state index >= 15 is 0 Å². The van der Waals surface area contributed by atoms with Crippen LogP contribution in [0.1, 0.15) is 66.2 Å². The van der Waals surface area contributed by atoms with Crippen molar-refractivity contribution in [2.75, 3.05) is 13.1 Å². The van der Waals surface area contributed by atoms with E-state index in [1.165, 1.54) is 25.7 Å². The molecular weight excluding hydrogens is 266 g/mol. The van der Waals surface area contributed by atoms with Gasteiger partial charge in [0.25, 0.3) is 0 Å². The zero-order chi connectivity index (χ0) is 15.9. The number of nitrogens with two attached hydrogens (primary N) is 1. The third kappa shape index (κ3) is 6.66. The number of nitrogens with zero attached hydrogens (tertiary/aromatic N) is 1. The molecule has 2 unspecified atom stereocenters. The highest BCUT2D eigenvalue weighted by molar-refractivity contribution is 5.68. The third-order valence-corrected chi connectivity index (χ3v) is 4.03. The Morgan fingerprint density at radius 3 is 2.67 bits per heavy atom. The maximum absolute atomic E-state index is 12.1. The topological polar surface area (TPSA) is 67.6 Å². The first-order chi connectivity index (χ1) is 9.87. The van der Waals surface area contributed by atoms with Crippen LogP contribution in [0, 0.1) is 5.92 Å². The SMILES string of the molecule is CCCCCCC(NN)C1CCN(C(=O)OC(C)(C)C)C1. The molecule has 1 heterocycles. The van der Waals surface area contributed by atoms with E-state index in [1.54, 1.807) is 0 Å². The fourth-order valence-corrected chi connectivity index (χ4v) is 2.85. The molecule has 0 aromatic rings. The molecule has 124 valence electrons. The summed E-state index contributed by atoms with van der Waals surface area (Å²) in [6, 6.07) is 0.300. The number of hydrogen-bond donors (Lipinski definition) is 2. The van der Waals surface area contributed by atoms with Gasteiger partial charge in [-0.05, 0) is 39.5 Å². The molecule has 1 rings (SSSR count). The normalized spacial score (nSPS) is 20.6. The molecule has 0 aromatic heterocycles. The minimum atomic E-state index is -0.430. The van der Waals surface area contributed by atoms with Crippen molar-refractivity contribution in [1.29, 1.82) is 0 Å². The maximum Gasteiger partial charge on any atom is 0.410 e. The first-order valence-corrected chi connectivity index (χ1v) is 8.31. The van der Waals surface area contributed by atoms with Crippen molar-refractivity contribution in [3.8, 4) is 0 Å². The van der Waals surface area contributed by atoms with Gasteiger partial charge in [0.05, 0.1) is 0 Å². The minimum Gasteiger partial charge on any atom is -0.444 e. The van der Waals surface area contributed by atoms with E-state index in [2.05, 4.69) is 12.3 Å². The van der Waals surface area contributed by atoms with Crippen molar-refractivity contribution in [2.24, 2.45) is 11.8 Å². The van der Waals surface area contributed by atoms with Crippen molar-refractivity contribution in [2.45, 2.75) is 77.9 Å². The van der Waals surface area contributed by atoms with E-state index in [9.17, 15) is 4.79 Å². The molecule has 1 aliphatic rings. The fourth-order valence-electron chi connectivity index (χ4n) is 2.85. The quantitative estimate of drug-likeness (QED) is 0.431. The molecule has 3 N–H and O–H groups in total. The molecule has 5 nitrogen and oxygen atoms in total. The molecule has 0 radical (unpaired) electrons. The van der Waals surface area contributed by atoms with Crippen LogP contribution < -0.4 is 11.3 Å². The molecule has 2 atom stereocenters. The van der Waals surface area contributed by atoms with Crippen LogP contribution in [-0.4, -0.2) is 35.7 Å². The van der Waals surface area contributed by atoms with Crippen LogP contribution in [0.2, 0.25) is 0 Å². The molecule has 1 fully saturated rings. The van der Waals surface area contributed by atoms with Crippen molar-refractivity contribution in [3.63, 3.8) is 0 Å². The second kappa shape index (κ2) is 8.59. The lowest BCUT2D eigenvalue weighted by Crippen LogP contribution is -2.43. The maximum atomic E-state index is 12.1. The Bertz CT molecular complexity index is 315. The van der Waals surface area contributed by atoms with E-state index in [4.69, 9.17) is 10.6 Å². The lowest BCUT2D eigenvalue weighted by atomic mass is 9.94. The third-order valence-electron chi connectivity index (χ3n) is 4.03. The minimum absolute atomic E-state index is 0.202.